The molecule has 5 heteroatoms. The molecule has 0 N–H and O–H groups in total. The number of hydrogen-bond donors (Lipinski definition) is 0. The van der Waals surface area contributed by atoms with Gasteiger partial charge in [-0.25, -0.2) is 0 Å². The van der Waals surface area contributed by atoms with Gasteiger partial charge < -0.3 is 14.2 Å². The zero-order valence-corrected chi connectivity index (χ0v) is 13.6. The highest BCUT2D eigenvalue weighted by Crippen LogP contribution is 2.52. The topological polar surface area (TPSA) is 48.0 Å². The minimum Gasteiger partial charge on any atom is -0.458 e. The summed E-state index contributed by atoms with van der Waals surface area (Å²) in [6, 6.07) is 4.26. The van der Waals surface area contributed by atoms with Gasteiger partial charge >= 0.3 is 5.97 Å². The highest BCUT2D eigenvalue weighted by atomic mass is 16.7. The summed E-state index contributed by atoms with van der Waals surface area (Å²) in [5.41, 5.74) is 3.65. The second kappa shape index (κ2) is 4.86. The van der Waals surface area contributed by atoms with Crippen molar-refractivity contribution in [2.45, 2.75) is 31.4 Å². The van der Waals surface area contributed by atoms with Crippen LogP contribution >= 0.6 is 0 Å². The number of rotatable bonds is 1. The number of nitrogens with zero attached hydrogens (tertiary/aromatic N) is 1. The van der Waals surface area contributed by atoms with Gasteiger partial charge in [0.2, 0.25) is 6.79 Å². The third kappa shape index (κ3) is 1.82. The second-order valence-electron chi connectivity index (χ2n) is 6.79. The van der Waals surface area contributed by atoms with Gasteiger partial charge in [-0.2, -0.15) is 0 Å². The van der Waals surface area contributed by atoms with Gasteiger partial charge in [-0.05, 0) is 41.3 Å². The van der Waals surface area contributed by atoms with Crippen LogP contribution in [0.25, 0.3) is 0 Å². The van der Waals surface area contributed by atoms with Crippen molar-refractivity contribution >= 4 is 5.97 Å². The van der Waals surface area contributed by atoms with Crippen LogP contribution in [0.4, 0.5) is 0 Å². The summed E-state index contributed by atoms with van der Waals surface area (Å²) in [6.45, 7) is 3.68. The molecular formula is C19H19NO4. The quantitative estimate of drug-likeness (QED) is 0.742. The van der Waals surface area contributed by atoms with Crippen molar-refractivity contribution < 1.29 is 19.0 Å². The lowest BCUT2D eigenvalue weighted by molar-refractivity contribution is -0.145. The minimum atomic E-state index is -0.236. The first kappa shape index (κ1) is 14.1. The van der Waals surface area contributed by atoms with Crippen molar-refractivity contribution in [3.63, 3.8) is 0 Å². The van der Waals surface area contributed by atoms with Crippen LogP contribution in [0.15, 0.2) is 35.9 Å². The van der Waals surface area contributed by atoms with E-state index in [1.165, 1.54) is 23.6 Å². The molecule has 0 amide bonds. The van der Waals surface area contributed by atoms with E-state index in [0.29, 0.717) is 0 Å². The first-order valence-corrected chi connectivity index (χ1v) is 8.41. The number of carbonyl (C=O) groups is 1. The highest BCUT2D eigenvalue weighted by molar-refractivity contribution is 5.67. The maximum atomic E-state index is 11.4. The molecule has 1 spiro atoms. The molecule has 0 aromatic heterocycles. The number of esters is 1. The Labute approximate surface area is 140 Å². The Kier molecular flexibility index (Phi) is 2.86. The van der Waals surface area contributed by atoms with Gasteiger partial charge in [-0.1, -0.05) is 12.2 Å². The zero-order chi connectivity index (χ0) is 16.3. The van der Waals surface area contributed by atoms with Crippen molar-refractivity contribution in [3.8, 4) is 11.5 Å². The zero-order valence-electron chi connectivity index (χ0n) is 13.6. The van der Waals surface area contributed by atoms with E-state index in [-0.39, 0.29) is 24.4 Å². The molecule has 1 aromatic carbocycles. The molecule has 0 saturated heterocycles. The lowest BCUT2D eigenvalue weighted by Crippen LogP contribution is -2.51. The molecule has 1 aliphatic carbocycles. The van der Waals surface area contributed by atoms with E-state index in [2.05, 4.69) is 29.2 Å². The largest absolute Gasteiger partial charge is 0.458 e. The van der Waals surface area contributed by atoms with E-state index in [1.807, 2.05) is 6.08 Å². The van der Waals surface area contributed by atoms with Crippen LogP contribution in [0.5, 0.6) is 11.5 Å². The molecule has 0 saturated carbocycles. The summed E-state index contributed by atoms with van der Waals surface area (Å²) in [7, 11) is 0. The van der Waals surface area contributed by atoms with Crippen LogP contribution in [0.3, 0.4) is 0 Å². The first-order valence-electron chi connectivity index (χ1n) is 8.41. The normalized spacial score (nSPS) is 29.5. The summed E-state index contributed by atoms with van der Waals surface area (Å²) >= 11 is 0. The summed E-state index contributed by atoms with van der Waals surface area (Å²) in [4.78, 5) is 13.9. The summed E-state index contributed by atoms with van der Waals surface area (Å²) in [5.74, 6) is 1.42. The molecule has 4 aliphatic rings. The highest BCUT2D eigenvalue weighted by Gasteiger charge is 2.51. The van der Waals surface area contributed by atoms with E-state index in [1.54, 1.807) is 0 Å². The van der Waals surface area contributed by atoms with Crippen LogP contribution in [0.2, 0.25) is 0 Å². The predicted molar refractivity (Wildman–Crippen MR) is 86.9 cm³/mol. The molecule has 5 nitrogen and oxygen atoms in total. The third-order valence-electron chi connectivity index (χ3n) is 5.55. The monoisotopic (exact) mass is 325 g/mol. The third-order valence-corrected chi connectivity index (χ3v) is 5.55. The van der Waals surface area contributed by atoms with Gasteiger partial charge in [0.05, 0.1) is 5.54 Å². The molecule has 0 bridgehead atoms. The molecule has 0 unspecified atom stereocenters. The molecule has 3 heterocycles. The number of carbonyl (C=O) groups excluding carboxylic acids is 1. The Morgan fingerprint density at radius 1 is 1.33 bits per heavy atom. The van der Waals surface area contributed by atoms with Crippen LogP contribution in [-0.4, -0.2) is 36.9 Å². The Morgan fingerprint density at radius 2 is 2.17 bits per heavy atom. The number of ether oxygens (including phenoxy) is 3. The minimum absolute atomic E-state index is 0.198. The van der Waals surface area contributed by atoms with Crippen LogP contribution in [0, 0.1) is 0 Å². The molecule has 24 heavy (non-hydrogen) atoms. The first-order chi connectivity index (χ1) is 11.7. The lowest BCUT2D eigenvalue weighted by Gasteiger charge is -2.48. The lowest BCUT2D eigenvalue weighted by atomic mass is 9.71. The molecule has 3 aliphatic heterocycles. The Hall–Kier alpha value is -2.27. The van der Waals surface area contributed by atoms with E-state index in [9.17, 15) is 4.79 Å². The molecule has 2 atom stereocenters. The average molecular weight is 325 g/mol. The van der Waals surface area contributed by atoms with E-state index < -0.39 is 0 Å². The van der Waals surface area contributed by atoms with E-state index >= 15 is 0 Å². The molecular weight excluding hydrogens is 306 g/mol. The van der Waals surface area contributed by atoms with Gasteiger partial charge in [0.25, 0.3) is 0 Å². The van der Waals surface area contributed by atoms with Crippen molar-refractivity contribution in [2.75, 3.05) is 19.9 Å². The fraction of sp³-hybridized carbons (Fsp3) is 0.421. The molecule has 0 radical (unpaired) electrons. The average Bonchev–Trinajstić information content (AvgIpc) is 3.15. The van der Waals surface area contributed by atoms with Gasteiger partial charge in [0.15, 0.2) is 11.5 Å². The number of hydrogen-bond acceptors (Lipinski definition) is 5. The van der Waals surface area contributed by atoms with Crippen LogP contribution in [-0.2, 0) is 21.5 Å². The van der Waals surface area contributed by atoms with Gasteiger partial charge in [0, 0.05) is 26.4 Å². The smallest absolute Gasteiger partial charge is 0.303 e. The standard InChI is InChI=1S/C19H19NO4/c1-12(21)24-15-3-2-14-5-7-20-6-4-13-8-17-18(23-11-22-17)9-16(13)19(14,20)10-15/h2-3,5,8-9,15H,4,6-7,10-11H2,1H3/t15-,19+/m1/s1. The Balaban J connectivity index is 1.65. The number of fused-ring (bicyclic) bond motifs is 2. The Morgan fingerprint density at radius 3 is 3.00 bits per heavy atom. The van der Waals surface area contributed by atoms with Gasteiger partial charge in [-0.3, -0.25) is 9.69 Å². The predicted octanol–water partition coefficient (Wildman–Crippen LogP) is 2.30. The summed E-state index contributed by atoms with van der Waals surface area (Å²) in [5, 5.41) is 0. The van der Waals surface area contributed by atoms with Crippen LogP contribution < -0.4 is 9.47 Å². The molecule has 0 fully saturated rings. The van der Waals surface area contributed by atoms with Gasteiger partial charge in [0.1, 0.15) is 6.10 Å². The van der Waals surface area contributed by atoms with E-state index in [0.717, 1.165) is 37.4 Å². The maximum Gasteiger partial charge on any atom is 0.303 e. The van der Waals surface area contributed by atoms with Crippen molar-refractivity contribution in [2.24, 2.45) is 0 Å². The second-order valence-corrected chi connectivity index (χ2v) is 6.79. The Bertz CT molecular complexity index is 797. The number of benzene rings is 1. The SMILES string of the molecule is CC(=O)O[C@@H]1C=CC2=CCN3CCc4cc5c(cc4[C@]23C1)OCO5. The molecule has 5 rings (SSSR count). The van der Waals surface area contributed by atoms with Crippen molar-refractivity contribution in [1.29, 1.82) is 0 Å². The van der Waals surface area contributed by atoms with Crippen molar-refractivity contribution in [1.82, 2.24) is 4.90 Å². The molecule has 124 valence electrons. The molecule has 1 aromatic rings. The summed E-state index contributed by atoms with van der Waals surface area (Å²) in [6.07, 6.45) is 7.97. The maximum absolute atomic E-state index is 11.4. The summed E-state index contributed by atoms with van der Waals surface area (Å²) < 4.78 is 16.7. The fourth-order valence-corrected chi connectivity index (χ4v) is 4.58. The van der Waals surface area contributed by atoms with Crippen LogP contribution in [0.1, 0.15) is 24.5 Å². The fourth-order valence-electron chi connectivity index (χ4n) is 4.58. The van der Waals surface area contributed by atoms with Gasteiger partial charge in [-0.15, -0.1) is 0 Å². The van der Waals surface area contributed by atoms with Crippen molar-refractivity contribution in [3.05, 3.63) is 47.1 Å². The van der Waals surface area contributed by atoms with E-state index in [4.69, 9.17) is 14.2 Å².